The summed E-state index contributed by atoms with van der Waals surface area (Å²) in [4.78, 5) is 6.24. The number of aromatic nitrogens is 5. The Labute approximate surface area is 378 Å². The Morgan fingerprint density at radius 3 is 0.818 bits per heavy atom. The fourth-order valence-corrected chi connectivity index (χ4v) is 11.0. The van der Waals surface area contributed by atoms with Gasteiger partial charge in [-0.3, -0.25) is 9.13 Å². The molecule has 14 aromatic rings. The molecule has 0 bridgehead atoms. The maximum Gasteiger partial charge on any atom is 0.165 e. The van der Waals surface area contributed by atoms with Crippen molar-refractivity contribution in [2.24, 2.45) is 0 Å². The minimum Gasteiger partial charge on any atom is -0.305 e. The lowest BCUT2D eigenvalue weighted by Crippen LogP contribution is -2.16. The van der Waals surface area contributed by atoms with Gasteiger partial charge in [-0.25, -0.2) is 4.98 Å². The predicted octanol–water partition coefficient (Wildman–Crippen LogP) is 15.0. The minimum absolute atomic E-state index is 0.564. The average Bonchev–Trinajstić information content (AvgIpc) is 4.11. The van der Waals surface area contributed by atoms with Crippen molar-refractivity contribution >= 4 is 87.2 Å². The summed E-state index contributed by atoms with van der Waals surface area (Å²) in [5, 5.41) is 20.3. The zero-order valence-corrected chi connectivity index (χ0v) is 35.5. The zero-order chi connectivity index (χ0) is 43.5. The number of rotatable bonds is 5. The van der Waals surface area contributed by atoms with Gasteiger partial charge in [0.25, 0.3) is 0 Å². The third-order valence-electron chi connectivity index (χ3n) is 13.6. The first-order chi connectivity index (χ1) is 32.8. The largest absolute Gasteiger partial charge is 0.305 e. The first-order valence-electron chi connectivity index (χ1n) is 22.3. The lowest BCUT2D eigenvalue weighted by Gasteiger charge is -2.27. The number of benzene rings is 9. The van der Waals surface area contributed by atoms with E-state index < -0.39 is 0 Å². The van der Waals surface area contributed by atoms with Crippen LogP contribution in [0.1, 0.15) is 5.56 Å². The van der Waals surface area contributed by atoms with E-state index in [1.54, 1.807) is 0 Å². The number of hydrogen-bond acceptors (Lipinski definition) is 2. The Bertz CT molecular complexity index is 3910. The van der Waals surface area contributed by atoms with Crippen LogP contribution in [-0.2, 0) is 0 Å². The smallest absolute Gasteiger partial charge is 0.165 e. The Kier molecular flexibility index (Phi) is 7.65. The molecular formula is C60H36N6. The van der Waals surface area contributed by atoms with Crippen molar-refractivity contribution in [2.45, 2.75) is 0 Å². The van der Waals surface area contributed by atoms with E-state index in [0.717, 1.165) is 121 Å². The van der Waals surface area contributed by atoms with E-state index in [0.29, 0.717) is 5.56 Å². The highest BCUT2D eigenvalue weighted by Crippen LogP contribution is 2.49. The second kappa shape index (κ2) is 13.9. The molecule has 5 heterocycles. The number of nitriles is 1. The monoisotopic (exact) mass is 840 g/mol. The average molecular weight is 841 g/mol. The second-order valence-electron chi connectivity index (χ2n) is 17.0. The molecule has 5 aromatic heterocycles. The molecule has 0 atom stereocenters. The van der Waals surface area contributed by atoms with Gasteiger partial charge in [0.1, 0.15) is 11.4 Å². The van der Waals surface area contributed by atoms with E-state index >= 15 is 0 Å². The molecule has 14 rings (SSSR count). The summed E-state index contributed by atoms with van der Waals surface area (Å²) in [6.45, 7) is 0. The highest BCUT2D eigenvalue weighted by Gasteiger charge is 2.33. The van der Waals surface area contributed by atoms with E-state index in [-0.39, 0.29) is 0 Å². The van der Waals surface area contributed by atoms with Gasteiger partial charge in [-0.15, -0.1) is 0 Å². The van der Waals surface area contributed by atoms with Gasteiger partial charge in [0.05, 0.1) is 55.8 Å². The van der Waals surface area contributed by atoms with Crippen molar-refractivity contribution in [3.63, 3.8) is 0 Å². The zero-order valence-electron chi connectivity index (χ0n) is 35.5. The topological polar surface area (TPSA) is 56.4 Å². The van der Waals surface area contributed by atoms with Gasteiger partial charge in [-0.2, -0.15) is 5.26 Å². The number of pyridine rings is 1. The van der Waals surface area contributed by atoms with E-state index in [1.807, 2.05) is 12.1 Å². The standard InChI is InChI=1S/C60H36N6/c61-37-38-19-1-2-20-39(38)56-57(63-48-29-11-3-21-40(48)41-22-4-12-30-49(41)63)59(65-52-33-15-7-25-44(52)45-26-8-16-34-53(45)65)62-60(66-54-35-17-9-27-46(54)47-28-10-18-36-55(47)66)58(56)64-50-31-13-5-23-42(50)43-24-6-14-32-51(43)64/h1-36H. The molecule has 0 aliphatic carbocycles. The van der Waals surface area contributed by atoms with Crippen LogP contribution in [0.4, 0.5) is 0 Å². The lowest BCUT2D eigenvalue weighted by molar-refractivity contribution is 0.961. The van der Waals surface area contributed by atoms with Gasteiger partial charge in [-0.05, 0) is 54.6 Å². The molecule has 0 N–H and O–H groups in total. The Morgan fingerprint density at radius 1 is 0.288 bits per heavy atom. The first kappa shape index (κ1) is 36.3. The summed E-state index contributed by atoms with van der Waals surface area (Å²) in [6, 6.07) is 80.0. The molecular weight excluding hydrogens is 805 g/mol. The second-order valence-corrected chi connectivity index (χ2v) is 17.0. The molecule has 0 saturated carbocycles. The molecule has 6 heteroatoms. The Balaban J connectivity index is 1.35. The van der Waals surface area contributed by atoms with Crippen LogP contribution in [0.3, 0.4) is 0 Å². The highest BCUT2D eigenvalue weighted by molar-refractivity contribution is 6.15. The summed E-state index contributed by atoms with van der Waals surface area (Å²) >= 11 is 0. The van der Waals surface area contributed by atoms with Gasteiger partial charge in [0, 0.05) is 54.2 Å². The molecule has 0 unspecified atom stereocenters. The third kappa shape index (κ3) is 4.91. The van der Waals surface area contributed by atoms with E-state index in [4.69, 9.17) is 4.98 Å². The predicted molar refractivity (Wildman–Crippen MR) is 272 cm³/mol. The molecule has 9 aromatic carbocycles. The number of nitrogens with zero attached hydrogens (tertiary/aromatic N) is 6. The molecule has 0 spiro atoms. The van der Waals surface area contributed by atoms with Crippen molar-refractivity contribution in [3.8, 4) is 40.2 Å². The third-order valence-corrected chi connectivity index (χ3v) is 13.6. The molecule has 66 heavy (non-hydrogen) atoms. The van der Waals surface area contributed by atoms with Gasteiger partial charge in [-0.1, -0.05) is 164 Å². The van der Waals surface area contributed by atoms with Gasteiger partial charge >= 0.3 is 0 Å². The normalized spacial score (nSPS) is 11.9. The van der Waals surface area contributed by atoms with Crippen molar-refractivity contribution in [3.05, 3.63) is 224 Å². The molecule has 0 radical (unpaired) electrons. The van der Waals surface area contributed by atoms with Crippen molar-refractivity contribution in [1.29, 1.82) is 5.26 Å². The maximum absolute atomic E-state index is 11.3. The highest BCUT2D eigenvalue weighted by atomic mass is 15.2. The van der Waals surface area contributed by atoms with Crippen molar-refractivity contribution < 1.29 is 0 Å². The number of hydrogen-bond donors (Lipinski definition) is 0. The fourth-order valence-electron chi connectivity index (χ4n) is 11.0. The van der Waals surface area contributed by atoms with Crippen LogP contribution in [0, 0.1) is 11.3 Å². The minimum atomic E-state index is 0.564. The van der Waals surface area contributed by atoms with Gasteiger partial charge < -0.3 is 9.13 Å². The van der Waals surface area contributed by atoms with Crippen LogP contribution in [0.2, 0.25) is 0 Å². The van der Waals surface area contributed by atoms with Crippen LogP contribution in [0.15, 0.2) is 218 Å². The molecule has 0 saturated heterocycles. The van der Waals surface area contributed by atoms with Crippen LogP contribution >= 0.6 is 0 Å². The molecule has 0 fully saturated rings. The van der Waals surface area contributed by atoms with Crippen LogP contribution < -0.4 is 0 Å². The first-order valence-corrected chi connectivity index (χ1v) is 22.3. The van der Waals surface area contributed by atoms with E-state index in [9.17, 15) is 5.26 Å². The molecule has 306 valence electrons. The fraction of sp³-hybridized carbons (Fsp3) is 0. The summed E-state index contributed by atoms with van der Waals surface area (Å²) in [7, 11) is 0. The van der Waals surface area contributed by atoms with Crippen molar-refractivity contribution in [2.75, 3.05) is 0 Å². The number of para-hydroxylation sites is 8. The lowest BCUT2D eigenvalue weighted by atomic mass is 9.96. The Hall–Kier alpha value is -9.18. The van der Waals surface area contributed by atoms with Crippen LogP contribution in [-0.4, -0.2) is 23.3 Å². The summed E-state index contributed by atoms with van der Waals surface area (Å²) < 4.78 is 9.53. The van der Waals surface area contributed by atoms with Crippen molar-refractivity contribution in [1.82, 2.24) is 23.3 Å². The van der Waals surface area contributed by atoms with Crippen LogP contribution in [0.5, 0.6) is 0 Å². The van der Waals surface area contributed by atoms with E-state index in [1.165, 1.54) is 0 Å². The molecule has 0 aliphatic rings. The van der Waals surface area contributed by atoms with Gasteiger partial charge in [0.15, 0.2) is 11.6 Å². The van der Waals surface area contributed by atoms with E-state index in [2.05, 4.69) is 231 Å². The molecule has 0 aliphatic heterocycles. The quantitative estimate of drug-likeness (QED) is 0.173. The summed E-state index contributed by atoms with van der Waals surface area (Å²) in [6.07, 6.45) is 0. The SMILES string of the molecule is N#Cc1ccccc1-c1c(-n2c3ccccc3c3ccccc32)c(-n2c3ccccc3c3ccccc32)nc(-n2c3ccccc3c3ccccc32)c1-n1c2ccccc2c2ccccc21. The summed E-state index contributed by atoms with van der Waals surface area (Å²) in [5.74, 6) is 1.48. The van der Waals surface area contributed by atoms with Crippen LogP contribution in [0.25, 0.3) is 121 Å². The molecule has 0 amide bonds. The maximum atomic E-state index is 11.3. The van der Waals surface area contributed by atoms with Gasteiger partial charge in [0.2, 0.25) is 0 Å². The number of fused-ring (bicyclic) bond motifs is 12. The summed E-state index contributed by atoms with van der Waals surface area (Å²) in [5.41, 5.74) is 12.3. The molecule has 6 nitrogen and oxygen atoms in total. The Morgan fingerprint density at radius 2 is 0.530 bits per heavy atom.